The Kier molecular flexibility index (Phi) is 3.02. The van der Waals surface area contributed by atoms with Gasteiger partial charge >= 0.3 is 0 Å². The van der Waals surface area contributed by atoms with Crippen molar-refractivity contribution in [1.29, 1.82) is 0 Å². The molecule has 4 heterocycles. The highest BCUT2D eigenvalue weighted by molar-refractivity contribution is 5.90. The highest BCUT2D eigenvalue weighted by atomic mass is 15.4. The second-order valence-corrected chi connectivity index (χ2v) is 5.87. The van der Waals surface area contributed by atoms with Crippen LogP contribution in [0.1, 0.15) is 6.92 Å². The van der Waals surface area contributed by atoms with Crippen LogP contribution in [0.2, 0.25) is 0 Å². The van der Waals surface area contributed by atoms with Gasteiger partial charge in [-0.15, -0.1) is 5.10 Å². The maximum Gasteiger partial charge on any atom is 0.204 e. The largest absolute Gasteiger partial charge is 0.396 e. The summed E-state index contributed by atoms with van der Waals surface area (Å²) in [5, 5.41) is 14.2. The molecule has 1 aromatic carbocycles. The number of anilines is 1. The minimum atomic E-state index is 0.469. The van der Waals surface area contributed by atoms with Crippen LogP contribution < -0.4 is 5.73 Å². The molecule has 0 saturated carbocycles. The number of hydrogen-bond donors (Lipinski definition) is 1. The lowest BCUT2D eigenvalue weighted by molar-refractivity contribution is 0.661. The normalized spacial score (nSPS) is 11.6. The number of para-hydroxylation sites is 1. The monoisotopic (exact) mass is 345 g/mol. The Labute approximate surface area is 147 Å². The van der Waals surface area contributed by atoms with E-state index in [9.17, 15) is 0 Å². The van der Waals surface area contributed by atoms with Crippen LogP contribution >= 0.6 is 0 Å². The summed E-state index contributed by atoms with van der Waals surface area (Å²) in [6.07, 6.45) is 5.15. The van der Waals surface area contributed by atoms with Crippen LogP contribution in [0.25, 0.3) is 33.9 Å². The van der Waals surface area contributed by atoms with Gasteiger partial charge in [0.15, 0.2) is 17.0 Å². The van der Waals surface area contributed by atoms with Crippen LogP contribution in [-0.4, -0.2) is 39.1 Å². The lowest BCUT2D eigenvalue weighted by Crippen LogP contribution is -1.98. The summed E-state index contributed by atoms with van der Waals surface area (Å²) in [5.74, 6) is 0.469. The van der Waals surface area contributed by atoms with E-state index < -0.39 is 0 Å². The molecule has 9 nitrogen and oxygen atoms in total. The van der Waals surface area contributed by atoms with E-state index in [1.165, 1.54) is 0 Å². The van der Waals surface area contributed by atoms with Crippen molar-refractivity contribution < 1.29 is 0 Å². The third kappa shape index (κ3) is 2.07. The van der Waals surface area contributed by atoms with Gasteiger partial charge in [-0.25, -0.2) is 19.2 Å². The summed E-state index contributed by atoms with van der Waals surface area (Å²) in [6, 6.07) is 9.84. The first-order valence-electron chi connectivity index (χ1n) is 8.22. The van der Waals surface area contributed by atoms with Crippen molar-refractivity contribution in [3.63, 3.8) is 0 Å². The molecule has 5 rings (SSSR count). The number of aromatic nitrogens is 8. The molecule has 4 aromatic heterocycles. The van der Waals surface area contributed by atoms with Gasteiger partial charge in [0.05, 0.1) is 23.0 Å². The van der Waals surface area contributed by atoms with Gasteiger partial charge in [0.2, 0.25) is 5.82 Å². The van der Waals surface area contributed by atoms with Crippen LogP contribution in [0.3, 0.4) is 0 Å². The predicted molar refractivity (Wildman–Crippen MR) is 96.7 cm³/mol. The molecule has 0 aliphatic rings. The van der Waals surface area contributed by atoms with E-state index in [1.807, 2.05) is 37.3 Å². The van der Waals surface area contributed by atoms with Crippen molar-refractivity contribution in [1.82, 2.24) is 39.1 Å². The maximum atomic E-state index is 6.06. The Balaban J connectivity index is 1.70. The highest BCUT2D eigenvalue weighted by Gasteiger charge is 2.17. The predicted octanol–water partition coefficient (Wildman–Crippen LogP) is 1.93. The number of nitrogens with zero attached hydrogens (tertiary/aromatic N) is 8. The molecule has 0 aliphatic carbocycles. The molecule has 0 unspecified atom stereocenters. The van der Waals surface area contributed by atoms with Crippen molar-refractivity contribution in [2.75, 3.05) is 5.73 Å². The number of fused-ring (bicyclic) bond motifs is 3. The molecule has 26 heavy (non-hydrogen) atoms. The van der Waals surface area contributed by atoms with E-state index in [-0.39, 0.29) is 0 Å². The Hall–Kier alpha value is -3.75. The van der Waals surface area contributed by atoms with E-state index in [4.69, 9.17) is 5.73 Å². The van der Waals surface area contributed by atoms with Crippen molar-refractivity contribution in [2.45, 2.75) is 13.5 Å². The average molecular weight is 345 g/mol. The molecule has 0 saturated heterocycles. The highest BCUT2D eigenvalue weighted by Crippen LogP contribution is 2.24. The maximum absolute atomic E-state index is 6.06. The molecule has 9 heteroatoms. The van der Waals surface area contributed by atoms with Crippen LogP contribution in [0.5, 0.6) is 0 Å². The van der Waals surface area contributed by atoms with E-state index in [2.05, 4.69) is 25.3 Å². The molecule has 0 radical (unpaired) electrons. The summed E-state index contributed by atoms with van der Waals surface area (Å²) >= 11 is 0. The molecule has 0 amide bonds. The Morgan fingerprint density at radius 3 is 2.69 bits per heavy atom. The number of nitrogens with two attached hydrogens (primary N) is 1. The van der Waals surface area contributed by atoms with Crippen LogP contribution in [0.4, 0.5) is 5.69 Å². The Bertz CT molecular complexity index is 1230. The molecule has 5 aromatic rings. The zero-order chi connectivity index (χ0) is 17.7. The van der Waals surface area contributed by atoms with Gasteiger partial charge in [-0.05, 0) is 19.1 Å². The summed E-state index contributed by atoms with van der Waals surface area (Å²) in [4.78, 5) is 9.13. The van der Waals surface area contributed by atoms with Crippen molar-refractivity contribution in [3.05, 3.63) is 49.1 Å². The second kappa shape index (κ2) is 5.38. The number of hydrogen-bond acceptors (Lipinski definition) is 6. The second-order valence-electron chi connectivity index (χ2n) is 5.87. The fourth-order valence-electron chi connectivity index (χ4n) is 2.95. The third-order valence-corrected chi connectivity index (χ3v) is 4.23. The lowest BCUT2D eigenvalue weighted by Gasteiger charge is -2.01. The standard InChI is InChI=1S/C17H15N9/c1-2-24-9-13(18)14(22-24)15-21-17-12-8-20-26(11-6-4-3-5-7-11)16(12)19-10-25(17)23-15/h3-10H,2,18H2,1H3. The van der Waals surface area contributed by atoms with E-state index in [1.54, 1.807) is 32.6 Å². The average Bonchev–Trinajstić information content (AvgIpc) is 3.37. The number of nitrogen functional groups attached to an aromatic ring is 1. The fraction of sp³-hybridized carbons (Fsp3) is 0.118. The third-order valence-electron chi connectivity index (χ3n) is 4.23. The molecule has 128 valence electrons. The smallest absolute Gasteiger partial charge is 0.204 e. The van der Waals surface area contributed by atoms with Crippen LogP contribution in [0, 0.1) is 0 Å². The topological polar surface area (TPSA) is 105 Å². The summed E-state index contributed by atoms with van der Waals surface area (Å²) in [7, 11) is 0. The SMILES string of the molecule is CCn1cc(N)c(-c2nc3c4cnn(-c5ccccc5)c4ncn3n2)n1. The molecule has 0 aliphatic heterocycles. The van der Waals surface area contributed by atoms with Crippen molar-refractivity contribution in [3.8, 4) is 17.2 Å². The number of rotatable bonds is 3. The van der Waals surface area contributed by atoms with Gasteiger partial charge in [0.1, 0.15) is 6.33 Å². The summed E-state index contributed by atoms with van der Waals surface area (Å²) < 4.78 is 5.17. The molecule has 0 fully saturated rings. The van der Waals surface area contributed by atoms with Gasteiger partial charge in [-0.2, -0.15) is 10.2 Å². The zero-order valence-electron chi connectivity index (χ0n) is 14.0. The van der Waals surface area contributed by atoms with Crippen LogP contribution in [0.15, 0.2) is 49.1 Å². The first kappa shape index (κ1) is 14.6. The van der Waals surface area contributed by atoms with Gasteiger partial charge < -0.3 is 5.73 Å². The quantitative estimate of drug-likeness (QED) is 0.536. The van der Waals surface area contributed by atoms with Gasteiger partial charge in [-0.3, -0.25) is 4.68 Å². The molecule has 0 bridgehead atoms. The van der Waals surface area contributed by atoms with Gasteiger partial charge in [0, 0.05) is 12.7 Å². The molecular weight excluding hydrogens is 330 g/mol. The van der Waals surface area contributed by atoms with E-state index in [0.717, 1.165) is 23.3 Å². The van der Waals surface area contributed by atoms with Gasteiger partial charge in [-0.1, -0.05) is 18.2 Å². The lowest BCUT2D eigenvalue weighted by atomic mass is 10.3. The minimum Gasteiger partial charge on any atom is -0.396 e. The van der Waals surface area contributed by atoms with Crippen molar-refractivity contribution >= 4 is 22.4 Å². The summed E-state index contributed by atoms with van der Waals surface area (Å²) in [5.41, 5.74) is 9.49. The first-order chi connectivity index (χ1) is 12.7. The number of benzene rings is 1. The number of aryl methyl sites for hydroxylation is 1. The first-order valence-corrected chi connectivity index (χ1v) is 8.22. The molecule has 0 atom stereocenters. The van der Waals surface area contributed by atoms with E-state index in [0.29, 0.717) is 22.9 Å². The fourth-order valence-corrected chi connectivity index (χ4v) is 2.95. The molecular formula is C17H15N9. The molecule has 2 N–H and O–H groups in total. The van der Waals surface area contributed by atoms with E-state index >= 15 is 0 Å². The zero-order valence-corrected chi connectivity index (χ0v) is 14.0. The van der Waals surface area contributed by atoms with Gasteiger partial charge in [0.25, 0.3) is 0 Å². The Morgan fingerprint density at radius 1 is 1.08 bits per heavy atom. The minimum absolute atomic E-state index is 0.469. The van der Waals surface area contributed by atoms with Crippen molar-refractivity contribution in [2.24, 2.45) is 0 Å². The molecule has 0 spiro atoms. The van der Waals surface area contributed by atoms with Crippen LogP contribution in [-0.2, 0) is 6.54 Å². The Morgan fingerprint density at radius 2 is 1.92 bits per heavy atom. The summed E-state index contributed by atoms with van der Waals surface area (Å²) in [6.45, 7) is 2.73.